The van der Waals surface area contributed by atoms with Crippen LogP contribution in [0.5, 0.6) is 5.75 Å². The third-order valence-electron chi connectivity index (χ3n) is 7.66. The zero-order valence-corrected chi connectivity index (χ0v) is 19.8. The Balaban J connectivity index is 1.18. The van der Waals surface area contributed by atoms with Gasteiger partial charge in [0, 0.05) is 56.2 Å². The van der Waals surface area contributed by atoms with Crippen molar-refractivity contribution >= 4 is 0 Å². The molecule has 0 unspecified atom stereocenters. The average Bonchev–Trinajstić information content (AvgIpc) is 3.59. The summed E-state index contributed by atoms with van der Waals surface area (Å²) in [5.41, 5.74) is 5.48. The maximum atomic E-state index is 6.22. The number of nitrogens with zero attached hydrogens (tertiary/aromatic N) is 4. The first kappa shape index (κ1) is 21.8. The third kappa shape index (κ3) is 4.50. The molecule has 0 spiro atoms. The van der Waals surface area contributed by atoms with Gasteiger partial charge >= 0.3 is 0 Å². The monoisotopic (exact) mass is 458 g/mol. The van der Waals surface area contributed by atoms with Crippen LogP contribution < -0.4 is 4.74 Å². The fourth-order valence-electron chi connectivity index (χ4n) is 5.86. The topological polar surface area (TPSA) is 42.8 Å². The smallest absolute Gasteiger partial charge is 0.119 e. The molecule has 2 aromatic carbocycles. The Kier molecular flexibility index (Phi) is 6.36. The second-order valence-corrected chi connectivity index (χ2v) is 9.71. The highest BCUT2D eigenvalue weighted by molar-refractivity contribution is 5.48. The van der Waals surface area contributed by atoms with Crippen LogP contribution in [0.3, 0.4) is 0 Å². The van der Waals surface area contributed by atoms with E-state index >= 15 is 0 Å². The van der Waals surface area contributed by atoms with Crippen molar-refractivity contribution < 1.29 is 9.47 Å². The fourth-order valence-corrected chi connectivity index (χ4v) is 5.86. The first-order chi connectivity index (χ1) is 16.8. The van der Waals surface area contributed by atoms with Gasteiger partial charge in [0.25, 0.3) is 0 Å². The predicted molar refractivity (Wildman–Crippen MR) is 133 cm³/mol. The SMILES string of the molecule is c1cn(-c2ccc([C@H]3CN4CCC[C@H]4c4cc(OCCCN5CCOCC5)ccc43)cc2)cn1. The first-order valence-corrected chi connectivity index (χ1v) is 12.7. The lowest BCUT2D eigenvalue weighted by molar-refractivity contribution is 0.0358. The van der Waals surface area contributed by atoms with Crippen LogP contribution in [0.15, 0.2) is 61.2 Å². The van der Waals surface area contributed by atoms with Crippen molar-refractivity contribution in [1.29, 1.82) is 0 Å². The number of aromatic nitrogens is 2. The number of hydrogen-bond acceptors (Lipinski definition) is 5. The highest BCUT2D eigenvalue weighted by Gasteiger charge is 2.36. The molecule has 4 heterocycles. The second kappa shape index (κ2) is 9.90. The van der Waals surface area contributed by atoms with Crippen LogP contribution in [0.4, 0.5) is 0 Å². The van der Waals surface area contributed by atoms with Crippen LogP contribution in [0.1, 0.15) is 47.9 Å². The Labute approximate surface area is 202 Å². The number of morpholine rings is 1. The van der Waals surface area contributed by atoms with E-state index in [-0.39, 0.29) is 0 Å². The van der Waals surface area contributed by atoms with Crippen LogP contribution in [-0.4, -0.2) is 71.9 Å². The minimum absolute atomic E-state index is 0.400. The van der Waals surface area contributed by atoms with Crippen molar-refractivity contribution in [1.82, 2.24) is 19.4 Å². The van der Waals surface area contributed by atoms with Gasteiger partial charge in [-0.05, 0) is 66.8 Å². The summed E-state index contributed by atoms with van der Waals surface area (Å²) in [6.45, 7) is 7.95. The van der Waals surface area contributed by atoms with E-state index in [0.717, 1.165) is 63.9 Å². The maximum absolute atomic E-state index is 6.22. The number of ether oxygens (including phenoxy) is 2. The van der Waals surface area contributed by atoms with Crippen molar-refractivity contribution in [2.24, 2.45) is 0 Å². The van der Waals surface area contributed by atoms with Gasteiger partial charge in [-0.15, -0.1) is 0 Å². The van der Waals surface area contributed by atoms with Crippen molar-refractivity contribution in [2.75, 3.05) is 52.5 Å². The van der Waals surface area contributed by atoms with Gasteiger partial charge < -0.3 is 14.0 Å². The quantitative estimate of drug-likeness (QED) is 0.495. The largest absolute Gasteiger partial charge is 0.494 e. The van der Waals surface area contributed by atoms with Gasteiger partial charge in [0.15, 0.2) is 0 Å². The molecule has 2 atom stereocenters. The van der Waals surface area contributed by atoms with Gasteiger partial charge in [0.1, 0.15) is 5.75 Å². The molecule has 2 saturated heterocycles. The number of benzene rings is 2. The Morgan fingerprint density at radius 3 is 2.71 bits per heavy atom. The molecule has 0 radical (unpaired) electrons. The zero-order valence-electron chi connectivity index (χ0n) is 19.8. The van der Waals surface area contributed by atoms with Crippen LogP contribution in [0.2, 0.25) is 0 Å². The van der Waals surface area contributed by atoms with Crippen molar-refractivity contribution in [2.45, 2.75) is 31.2 Å². The van der Waals surface area contributed by atoms with Gasteiger partial charge in [0.05, 0.1) is 26.1 Å². The summed E-state index contributed by atoms with van der Waals surface area (Å²) in [7, 11) is 0. The minimum atomic E-state index is 0.400. The van der Waals surface area contributed by atoms with Crippen LogP contribution in [0, 0.1) is 0 Å². The molecule has 6 rings (SSSR count). The van der Waals surface area contributed by atoms with E-state index in [1.54, 1.807) is 0 Å². The summed E-state index contributed by atoms with van der Waals surface area (Å²) in [4.78, 5) is 9.32. The molecule has 3 aliphatic heterocycles. The highest BCUT2D eigenvalue weighted by atomic mass is 16.5. The van der Waals surface area contributed by atoms with Gasteiger partial charge in [-0.2, -0.15) is 0 Å². The van der Waals surface area contributed by atoms with Crippen LogP contribution in [0.25, 0.3) is 5.69 Å². The van der Waals surface area contributed by atoms with Gasteiger partial charge in [-0.25, -0.2) is 4.98 Å². The number of imidazole rings is 1. The summed E-state index contributed by atoms with van der Waals surface area (Å²) >= 11 is 0. The summed E-state index contributed by atoms with van der Waals surface area (Å²) in [6.07, 6.45) is 9.24. The molecule has 3 aliphatic rings. The Hall–Kier alpha value is -2.67. The Morgan fingerprint density at radius 2 is 1.88 bits per heavy atom. The zero-order chi connectivity index (χ0) is 22.7. The normalized spacial score (nSPS) is 22.9. The standard InChI is InChI=1S/C28H34N4O2/c1-3-28-26-19-24(34-16-2-11-30-14-17-33-18-15-30)8-9-25(26)27(20-31(28)12-1)22-4-6-23(7-5-22)32-13-10-29-21-32/h4-10,13,19,21,27-28H,1-3,11-12,14-18,20H2/t27-,28+/m1/s1. The third-order valence-corrected chi connectivity index (χ3v) is 7.66. The number of fused-ring (bicyclic) bond motifs is 3. The number of rotatable bonds is 7. The van der Waals surface area contributed by atoms with E-state index in [4.69, 9.17) is 9.47 Å². The molecule has 0 N–H and O–H groups in total. The van der Waals surface area contributed by atoms with Crippen LogP contribution >= 0.6 is 0 Å². The molecule has 2 fully saturated rings. The van der Waals surface area contributed by atoms with E-state index in [9.17, 15) is 0 Å². The van der Waals surface area contributed by atoms with Crippen molar-refractivity contribution in [3.63, 3.8) is 0 Å². The first-order valence-electron chi connectivity index (χ1n) is 12.7. The average molecular weight is 459 g/mol. The van der Waals surface area contributed by atoms with Gasteiger partial charge in [-0.1, -0.05) is 18.2 Å². The fraction of sp³-hybridized carbons (Fsp3) is 0.464. The lowest BCUT2D eigenvalue weighted by Gasteiger charge is -2.37. The van der Waals surface area contributed by atoms with E-state index in [1.807, 2.05) is 18.7 Å². The summed E-state index contributed by atoms with van der Waals surface area (Å²) < 4.78 is 13.7. The lowest BCUT2D eigenvalue weighted by Crippen LogP contribution is -2.37. The number of hydrogen-bond donors (Lipinski definition) is 0. The predicted octanol–water partition coefficient (Wildman–Crippen LogP) is 4.26. The van der Waals surface area contributed by atoms with Gasteiger partial charge in [-0.3, -0.25) is 9.80 Å². The molecule has 0 aliphatic carbocycles. The van der Waals surface area contributed by atoms with E-state index in [1.165, 1.54) is 36.1 Å². The van der Waals surface area contributed by atoms with Crippen molar-refractivity contribution in [3.05, 3.63) is 77.9 Å². The molecule has 6 nitrogen and oxygen atoms in total. The van der Waals surface area contributed by atoms with E-state index in [0.29, 0.717) is 12.0 Å². The summed E-state index contributed by atoms with van der Waals surface area (Å²) in [5, 5.41) is 0. The Bertz CT molecular complexity index is 1080. The minimum Gasteiger partial charge on any atom is -0.494 e. The lowest BCUT2D eigenvalue weighted by atomic mass is 9.81. The molecule has 0 bridgehead atoms. The Morgan fingerprint density at radius 1 is 1.00 bits per heavy atom. The maximum Gasteiger partial charge on any atom is 0.119 e. The second-order valence-electron chi connectivity index (χ2n) is 9.71. The molecule has 178 valence electrons. The molecule has 34 heavy (non-hydrogen) atoms. The van der Waals surface area contributed by atoms with Crippen molar-refractivity contribution in [3.8, 4) is 11.4 Å². The van der Waals surface area contributed by atoms with E-state index in [2.05, 4.69) is 61.8 Å². The highest BCUT2D eigenvalue weighted by Crippen LogP contribution is 2.45. The molecule has 6 heteroatoms. The molecule has 1 aromatic heterocycles. The molecular formula is C28H34N4O2. The van der Waals surface area contributed by atoms with E-state index < -0.39 is 0 Å². The van der Waals surface area contributed by atoms with Gasteiger partial charge in [0.2, 0.25) is 0 Å². The van der Waals surface area contributed by atoms with Crippen LogP contribution in [-0.2, 0) is 4.74 Å². The molecule has 0 amide bonds. The molecule has 0 saturated carbocycles. The molecular weight excluding hydrogens is 424 g/mol. The molecule has 3 aromatic rings. The summed E-state index contributed by atoms with van der Waals surface area (Å²) in [5.74, 6) is 1.42. The summed E-state index contributed by atoms with van der Waals surface area (Å²) in [6, 6.07) is 16.4.